The fourth-order valence-electron chi connectivity index (χ4n) is 2.49. The van der Waals surface area contributed by atoms with Crippen LogP contribution in [0, 0.1) is 11.6 Å². The summed E-state index contributed by atoms with van der Waals surface area (Å²) in [7, 11) is 0. The molecule has 4 nitrogen and oxygen atoms in total. The first-order valence-electron chi connectivity index (χ1n) is 6.86. The van der Waals surface area contributed by atoms with Gasteiger partial charge in [0.25, 0.3) is 5.91 Å². The Balaban J connectivity index is 1.82. The minimum atomic E-state index is -1.30. The van der Waals surface area contributed by atoms with Crippen molar-refractivity contribution in [3.63, 3.8) is 0 Å². The Morgan fingerprint density at radius 2 is 2.13 bits per heavy atom. The van der Waals surface area contributed by atoms with E-state index in [9.17, 15) is 18.7 Å². The average molecular weight is 340 g/mol. The summed E-state index contributed by atoms with van der Waals surface area (Å²) in [6.07, 6.45) is 0.715. The normalized spacial score (nSPS) is 12.7. The zero-order valence-corrected chi connectivity index (χ0v) is 12.6. The van der Waals surface area contributed by atoms with E-state index in [-0.39, 0.29) is 6.54 Å². The van der Waals surface area contributed by atoms with Crippen LogP contribution in [0.25, 0.3) is 0 Å². The van der Waals surface area contributed by atoms with Gasteiger partial charge in [-0.2, -0.15) is 0 Å². The molecule has 0 atom stereocenters. The Bertz CT molecular complexity index is 795. The molecule has 0 radical (unpaired) electrons. The number of carbonyl (C=O) groups is 1. The van der Waals surface area contributed by atoms with Crippen molar-refractivity contribution in [1.82, 2.24) is 5.32 Å². The number of phenolic OH excluding ortho intramolecular Hbond substituents is 1. The predicted molar refractivity (Wildman–Crippen MR) is 79.8 cm³/mol. The van der Waals surface area contributed by atoms with E-state index in [4.69, 9.17) is 16.3 Å². The van der Waals surface area contributed by atoms with Crippen molar-refractivity contribution < 1.29 is 23.4 Å². The van der Waals surface area contributed by atoms with Crippen LogP contribution >= 0.6 is 11.6 Å². The first-order valence-corrected chi connectivity index (χ1v) is 7.24. The molecule has 2 aromatic carbocycles. The third kappa shape index (κ3) is 2.94. The van der Waals surface area contributed by atoms with Gasteiger partial charge in [-0.15, -0.1) is 0 Å². The number of benzene rings is 2. The number of rotatable bonds is 3. The molecule has 1 amide bonds. The van der Waals surface area contributed by atoms with Gasteiger partial charge < -0.3 is 15.2 Å². The number of fused-ring (bicyclic) bond motifs is 1. The SMILES string of the molecule is O=C(NCc1cc(Cl)cc2c1OCC2)c1c(F)ccc(O)c1F. The number of ether oxygens (including phenoxy) is 1. The van der Waals surface area contributed by atoms with Crippen molar-refractivity contribution >= 4 is 17.5 Å². The Hall–Kier alpha value is -2.34. The summed E-state index contributed by atoms with van der Waals surface area (Å²) in [5.41, 5.74) is 0.723. The Morgan fingerprint density at radius 3 is 2.91 bits per heavy atom. The molecular weight excluding hydrogens is 328 g/mol. The molecular formula is C16H12ClF2NO3. The topological polar surface area (TPSA) is 58.6 Å². The summed E-state index contributed by atoms with van der Waals surface area (Å²) in [6.45, 7) is 0.517. The van der Waals surface area contributed by atoms with Crippen LogP contribution in [-0.4, -0.2) is 17.6 Å². The van der Waals surface area contributed by atoms with Gasteiger partial charge in [0.05, 0.1) is 6.61 Å². The van der Waals surface area contributed by atoms with E-state index in [1.54, 1.807) is 12.1 Å². The minimum Gasteiger partial charge on any atom is -0.505 e. The second kappa shape index (κ2) is 6.04. The number of aromatic hydroxyl groups is 1. The molecule has 0 saturated carbocycles. The van der Waals surface area contributed by atoms with Crippen LogP contribution in [0.3, 0.4) is 0 Å². The number of halogens is 3. The fraction of sp³-hybridized carbons (Fsp3) is 0.188. The summed E-state index contributed by atoms with van der Waals surface area (Å²) in [6, 6.07) is 5.08. The molecule has 2 N–H and O–H groups in total. The van der Waals surface area contributed by atoms with Gasteiger partial charge in [-0.1, -0.05) is 11.6 Å². The van der Waals surface area contributed by atoms with Crippen LogP contribution in [-0.2, 0) is 13.0 Å². The Morgan fingerprint density at radius 1 is 1.35 bits per heavy atom. The molecule has 7 heteroatoms. The summed E-state index contributed by atoms with van der Waals surface area (Å²) in [4.78, 5) is 12.0. The van der Waals surface area contributed by atoms with Crippen LogP contribution in [0.4, 0.5) is 8.78 Å². The monoisotopic (exact) mass is 339 g/mol. The van der Waals surface area contributed by atoms with Crippen LogP contribution in [0.5, 0.6) is 11.5 Å². The van der Waals surface area contributed by atoms with Gasteiger partial charge in [-0.05, 0) is 29.8 Å². The first kappa shape index (κ1) is 15.6. The van der Waals surface area contributed by atoms with E-state index < -0.39 is 28.9 Å². The molecule has 1 heterocycles. The van der Waals surface area contributed by atoms with Crippen molar-refractivity contribution in [2.24, 2.45) is 0 Å². The quantitative estimate of drug-likeness (QED) is 0.903. The number of hydrogen-bond acceptors (Lipinski definition) is 3. The highest BCUT2D eigenvalue weighted by molar-refractivity contribution is 6.30. The lowest BCUT2D eigenvalue weighted by atomic mass is 10.1. The summed E-state index contributed by atoms with van der Waals surface area (Å²) in [5.74, 6) is -3.47. The lowest BCUT2D eigenvalue weighted by molar-refractivity contribution is 0.0941. The van der Waals surface area contributed by atoms with Gasteiger partial charge in [-0.25, -0.2) is 8.78 Å². The summed E-state index contributed by atoms with van der Waals surface area (Å²) < 4.78 is 32.8. The molecule has 0 aromatic heterocycles. The van der Waals surface area contributed by atoms with E-state index in [0.29, 0.717) is 29.4 Å². The molecule has 0 fully saturated rings. The molecule has 120 valence electrons. The van der Waals surface area contributed by atoms with Gasteiger partial charge in [0.15, 0.2) is 11.6 Å². The van der Waals surface area contributed by atoms with Crippen LogP contribution in [0.1, 0.15) is 21.5 Å². The number of hydrogen-bond donors (Lipinski definition) is 2. The zero-order valence-electron chi connectivity index (χ0n) is 11.8. The molecule has 3 rings (SSSR count). The van der Waals surface area contributed by atoms with E-state index in [0.717, 1.165) is 17.7 Å². The van der Waals surface area contributed by atoms with Crippen LogP contribution in [0.15, 0.2) is 24.3 Å². The lowest BCUT2D eigenvalue weighted by Gasteiger charge is -2.11. The number of amides is 1. The number of carbonyl (C=O) groups excluding carboxylic acids is 1. The predicted octanol–water partition coefficient (Wildman–Crippen LogP) is 3.19. The highest BCUT2D eigenvalue weighted by Gasteiger charge is 2.22. The summed E-state index contributed by atoms with van der Waals surface area (Å²) in [5, 5.41) is 12.2. The fourth-order valence-corrected chi connectivity index (χ4v) is 2.75. The van der Waals surface area contributed by atoms with Gasteiger partial charge in [0.1, 0.15) is 17.1 Å². The average Bonchev–Trinajstić information content (AvgIpc) is 2.97. The first-order chi connectivity index (χ1) is 11.0. The van der Waals surface area contributed by atoms with Gasteiger partial charge in [0.2, 0.25) is 0 Å². The molecule has 0 unspecified atom stereocenters. The third-order valence-corrected chi connectivity index (χ3v) is 3.78. The molecule has 1 aliphatic heterocycles. The Kier molecular flexibility index (Phi) is 4.09. The van der Waals surface area contributed by atoms with Crippen molar-refractivity contribution in [2.45, 2.75) is 13.0 Å². The van der Waals surface area contributed by atoms with Crippen LogP contribution in [0.2, 0.25) is 5.02 Å². The van der Waals surface area contributed by atoms with Gasteiger partial charge >= 0.3 is 0 Å². The second-order valence-corrected chi connectivity index (χ2v) is 5.53. The van der Waals surface area contributed by atoms with Gasteiger partial charge in [0, 0.05) is 23.6 Å². The van der Waals surface area contributed by atoms with Crippen LogP contribution < -0.4 is 10.1 Å². The van der Waals surface area contributed by atoms with E-state index in [1.165, 1.54) is 0 Å². The van der Waals surface area contributed by atoms with E-state index in [1.807, 2.05) is 0 Å². The maximum atomic E-state index is 13.7. The number of nitrogens with one attached hydrogen (secondary N) is 1. The van der Waals surface area contributed by atoms with Crippen molar-refractivity contribution in [3.05, 3.63) is 57.6 Å². The van der Waals surface area contributed by atoms with Gasteiger partial charge in [-0.3, -0.25) is 4.79 Å². The third-order valence-electron chi connectivity index (χ3n) is 3.56. The minimum absolute atomic E-state index is 0.00371. The van der Waals surface area contributed by atoms with Crippen molar-refractivity contribution in [3.8, 4) is 11.5 Å². The highest BCUT2D eigenvalue weighted by atomic mass is 35.5. The standard InChI is InChI=1S/C16H12ClF2NO3/c17-10-5-8-3-4-23-15(8)9(6-10)7-20-16(22)13-11(18)1-2-12(21)14(13)19/h1-2,5-6,21H,3-4,7H2,(H,20,22). The number of phenols is 1. The maximum Gasteiger partial charge on any atom is 0.257 e. The zero-order chi connectivity index (χ0) is 16.6. The smallest absolute Gasteiger partial charge is 0.257 e. The van der Waals surface area contributed by atoms with E-state index >= 15 is 0 Å². The molecule has 0 bridgehead atoms. The Labute approximate surface area is 135 Å². The van der Waals surface area contributed by atoms with Crippen molar-refractivity contribution in [2.75, 3.05) is 6.61 Å². The maximum absolute atomic E-state index is 13.7. The molecule has 0 spiro atoms. The molecule has 1 aliphatic rings. The molecule has 0 aliphatic carbocycles. The van der Waals surface area contributed by atoms with Crippen molar-refractivity contribution in [1.29, 1.82) is 0 Å². The van der Waals surface area contributed by atoms with E-state index in [2.05, 4.69) is 5.32 Å². The lowest BCUT2D eigenvalue weighted by Crippen LogP contribution is -2.25. The summed E-state index contributed by atoms with van der Waals surface area (Å²) >= 11 is 6.01. The molecule has 0 saturated heterocycles. The molecule has 23 heavy (non-hydrogen) atoms. The largest absolute Gasteiger partial charge is 0.505 e. The molecule has 2 aromatic rings. The second-order valence-electron chi connectivity index (χ2n) is 5.09. The highest BCUT2D eigenvalue weighted by Crippen LogP contribution is 2.32.